The number of carbonyl (C=O) groups is 2. The predicted octanol–water partition coefficient (Wildman–Crippen LogP) is 3.95. The van der Waals surface area contributed by atoms with Gasteiger partial charge >= 0.3 is 0 Å². The Bertz CT molecular complexity index is 1100. The highest BCUT2D eigenvalue weighted by Gasteiger charge is 2.43. The molecular weight excluding hydrogens is 398 g/mol. The molecule has 0 aliphatic carbocycles. The van der Waals surface area contributed by atoms with Crippen LogP contribution in [0, 0.1) is 0 Å². The molecule has 5 rings (SSSR count). The van der Waals surface area contributed by atoms with Crippen LogP contribution in [0.1, 0.15) is 6.42 Å². The van der Waals surface area contributed by atoms with Crippen LogP contribution < -0.4 is 9.80 Å². The van der Waals surface area contributed by atoms with Gasteiger partial charge in [0.05, 0.1) is 18.2 Å². The van der Waals surface area contributed by atoms with E-state index in [1.165, 1.54) is 4.90 Å². The molecule has 0 spiro atoms. The van der Waals surface area contributed by atoms with E-state index in [2.05, 4.69) is 9.80 Å². The molecule has 1 atom stereocenters. The Morgan fingerprint density at radius 1 is 0.800 bits per heavy atom. The monoisotopic (exact) mass is 419 g/mol. The molecule has 6 heteroatoms. The van der Waals surface area contributed by atoms with Crippen LogP contribution in [0.25, 0.3) is 10.8 Å². The lowest BCUT2D eigenvalue weighted by atomic mass is 10.1. The lowest BCUT2D eigenvalue weighted by molar-refractivity contribution is -0.123. The number of rotatable bonds is 3. The fourth-order valence-corrected chi connectivity index (χ4v) is 4.63. The number of hydrogen-bond donors (Lipinski definition) is 0. The summed E-state index contributed by atoms with van der Waals surface area (Å²) < 4.78 is 0. The van der Waals surface area contributed by atoms with E-state index < -0.39 is 0 Å². The number of piperazine rings is 1. The highest BCUT2D eigenvalue weighted by atomic mass is 35.5. The number of imide groups is 1. The molecule has 1 unspecified atom stereocenters. The molecule has 3 aromatic rings. The molecule has 30 heavy (non-hydrogen) atoms. The van der Waals surface area contributed by atoms with Crippen LogP contribution in [0.4, 0.5) is 11.4 Å². The van der Waals surface area contributed by atoms with Crippen LogP contribution in [-0.2, 0) is 9.59 Å². The lowest BCUT2D eigenvalue weighted by Gasteiger charge is -2.38. The van der Waals surface area contributed by atoms with E-state index in [1.54, 1.807) is 0 Å². The first-order valence-corrected chi connectivity index (χ1v) is 10.6. The third kappa shape index (κ3) is 3.34. The topological polar surface area (TPSA) is 43.9 Å². The number of anilines is 2. The van der Waals surface area contributed by atoms with E-state index in [9.17, 15) is 9.59 Å². The summed E-state index contributed by atoms with van der Waals surface area (Å²) in [5.74, 6) is -0.238. The molecule has 2 aliphatic heterocycles. The van der Waals surface area contributed by atoms with E-state index in [1.807, 2.05) is 66.7 Å². The van der Waals surface area contributed by atoms with Crippen molar-refractivity contribution in [1.82, 2.24) is 4.90 Å². The van der Waals surface area contributed by atoms with Crippen molar-refractivity contribution in [2.24, 2.45) is 0 Å². The predicted molar refractivity (Wildman–Crippen MR) is 120 cm³/mol. The van der Waals surface area contributed by atoms with Crippen molar-refractivity contribution in [2.75, 3.05) is 36.0 Å². The van der Waals surface area contributed by atoms with Gasteiger partial charge in [0, 0.05) is 42.3 Å². The van der Waals surface area contributed by atoms with E-state index in [0.29, 0.717) is 5.69 Å². The second-order valence-corrected chi connectivity index (χ2v) is 8.22. The second kappa shape index (κ2) is 7.74. The Morgan fingerprint density at radius 2 is 1.50 bits per heavy atom. The highest BCUT2D eigenvalue weighted by Crippen LogP contribution is 2.32. The minimum atomic E-state index is -0.385. The average molecular weight is 420 g/mol. The van der Waals surface area contributed by atoms with Gasteiger partial charge in [-0.1, -0.05) is 48.0 Å². The van der Waals surface area contributed by atoms with Crippen LogP contribution >= 0.6 is 11.6 Å². The maximum atomic E-state index is 13.3. The van der Waals surface area contributed by atoms with Crippen LogP contribution in [0.2, 0.25) is 5.02 Å². The van der Waals surface area contributed by atoms with Crippen LogP contribution in [0.15, 0.2) is 66.7 Å². The number of carbonyl (C=O) groups excluding carboxylic acids is 2. The molecule has 0 N–H and O–H groups in total. The minimum Gasteiger partial charge on any atom is -0.369 e. The maximum absolute atomic E-state index is 13.3. The molecule has 152 valence electrons. The maximum Gasteiger partial charge on any atom is 0.251 e. The first kappa shape index (κ1) is 19.1. The van der Waals surface area contributed by atoms with Gasteiger partial charge < -0.3 is 4.90 Å². The zero-order valence-corrected chi connectivity index (χ0v) is 17.3. The van der Waals surface area contributed by atoms with Gasteiger partial charge in [0.15, 0.2) is 0 Å². The van der Waals surface area contributed by atoms with Crippen molar-refractivity contribution in [1.29, 1.82) is 0 Å². The molecule has 5 nitrogen and oxygen atoms in total. The normalized spacial score (nSPS) is 20.4. The molecule has 2 aliphatic rings. The Morgan fingerprint density at radius 3 is 2.27 bits per heavy atom. The van der Waals surface area contributed by atoms with Gasteiger partial charge in [0.1, 0.15) is 0 Å². The summed E-state index contributed by atoms with van der Waals surface area (Å²) in [5, 5.41) is 2.67. The summed E-state index contributed by atoms with van der Waals surface area (Å²) >= 11 is 5.99. The van der Waals surface area contributed by atoms with Crippen LogP contribution in [0.5, 0.6) is 0 Å². The largest absolute Gasteiger partial charge is 0.369 e. The number of amides is 2. The summed E-state index contributed by atoms with van der Waals surface area (Å²) in [6.45, 7) is 3.12. The molecule has 3 aromatic carbocycles. The van der Waals surface area contributed by atoms with Gasteiger partial charge in [0.25, 0.3) is 5.91 Å². The molecule has 0 radical (unpaired) electrons. The van der Waals surface area contributed by atoms with E-state index in [0.717, 1.165) is 47.7 Å². The molecule has 2 saturated heterocycles. The van der Waals surface area contributed by atoms with Gasteiger partial charge in [-0.2, -0.15) is 0 Å². The lowest BCUT2D eigenvalue weighted by Crippen LogP contribution is -2.52. The standard InChI is InChI=1S/C24H22ClN3O2/c25-18-8-10-19(11-9-18)26-12-14-27(15-13-26)22-16-23(29)28(24(22)30)21-7-3-5-17-4-1-2-6-20(17)21/h1-11,22H,12-16H2. The van der Waals surface area contributed by atoms with Gasteiger partial charge in [-0.25, -0.2) is 4.90 Å². The number of benzene rings is 3. The Balaban J connectivity index is 1.33. The van der Waals surface area contributed by atoms with E-state index in [-0.39, 0.29) is 24.3 Å². The molecular formula is C24H22ClN3O2. The summed E-state index contributed by atoms with van der Waals surface area (Å²) in [6.07, 6.45) is 0.239. The molecule has 0 aromatic heterocycles. The average Bonchev–Trinajstić information content (AvgIpc) is 3.08. The van der Waals surface area contributed by atoms with E-state index >= 15 is 0 Å². The minimum absolute atomic E-state index is 0.115. The van der Waals surface area contributed by atoms with Crippen molar-refractivity contribution in [2.45, 2.75) is 12.5 Å². The van der Waals surface area contributed by atoms with E-state index in [4.69, 9.17) is 11.6 Å². The van der Waals surface area contributed by atoms with Crippen LogP contribution in [0.3, 0.4) is 0 Å². The number of hydrogen-bond acceptors (Lipinski definition) is 4. The van der Waals surface area contributed by atoms with Crippen molar-refractivity contribution in [3.05, 3.63) is 71.8 Å². The van der Waals surface area contributed by atoms with Gasteiger partial charge in [-0.3, -0.25) is 14.5 Å². The van der Waals surface area contributed by atoms with Gasteiger partial charge in [0.2, 0.25) is 5.91 Å². The fraction of sp³-hybridized carbons (Fsp3) is 0.250. The summed E-state index contributed by atoms with van der Waals surface area (Å²) in [4.78, 5) is 32.0. The smallest absolute Gasteiger partial charge is 0.251 e. The third-order valence-corrected chi connectivity index (χ3v) is 6.33. The number of halogens is 1. The molecule has 2 fully saturated rings. The van der Waals surface area contributed by atoms with Crippen molar-refractivity contribution in [3.63, 3.8) is 0 Å². The van der Waals surface area contributed by atoms with Crippen molar-refractivity contribution < 1.29 is 9.59 Å². The second-order valence-electron chi connectivity index (χ2n) is 7.79. The SMILES string of the molecule is O=C1CC(N2CCN(c3ccc(Cl)cc3)CC2)C(=O)N1c1cccc2ccccc12. The zero-order valence-electron chi connectivity index (χ0n) is 16.5. The number of fused-ring (bicyclic) bond motifs is 1. The molecule has 0 bridgehead atoms. The molecule has 2 heterocycles. The van der Waals surface area contributed by atoms with Crippen molar-refractivity contribution >= 4 is 45.6 Å². The number of nitrogens with zero attached hydrogens (tertiary/aromatic N) is 3. The van der Waals surface area contributed by atoms with Crippen LogP contribution in [-0.4, -0.2) is 48.9 Å². The third-order valence-electron chi connectivity index (χ3n) is 6.08. The van der Waals surface area contributed by atoms with Gasteiger partial charge in [-0.05, 0) is 35.7 Å². The molecule has 2 amide bonds. The Kier molecular flexibility index (Phi) is 4.93. The Labute approximate surface area is 180 Å². The fourth-order valence-electron chi connectivity index (χ4n) is 4.50. The summed E-state index contributed by atoms with van der Waals surface area (Å²) in [7, 11) is 0. The zero-order chi connectivity index (χ0) is 20.7. The Hall–Kier alpha value is -2.89. The highest BCUT2D eigenvalue weighted by molar-refractivity contribution is 6.30. The first-order valence-electron chi connectivity index (χ1n) is 10.2. The first-order chi connectivity index (χ1) is 14.6. The summed E-state index contributed by atoms with van der Waals surface area (Å²) in [5.41, 5.74) is 1.82. The quantitative estimate of drug-likeness (QED) is 0.603. The summed E-state index contributed by atoms with van der Waals surface area (Å²) in [6, 6.07) is 21.0. The molecule has 0 saturated carbocycles. The van der Waals surface area contributed by atoms with Crippen molar-refractivity contribution in [3.8, 4) is 0 Å². The van der Waals surface area contributed by atoms with Gasteiger partial charge in [-0.15, -0.1) is 0 Å².